The molecule has 0 atom stereocenters. The van der Waals surface area contributed by atoms with Gasteiger partial charge in [-0.05, 0) is 30.3 Å². The Balaban J connectivity index is 1.42. The topological polar surface area (TPSA) is 83.1 Å². The number of nitrogens with zero attached hydrogens (tertiary/aromatic N) is 3. The van der Waals surface area contributed by atoms with Crippen LogP contribution in [0, 0.1) is 0 Å². The Morgan fingerprint density at radius 3 is 2.59 bits per heavy atom. The number of fused-ring (bicyclic) bond motifs is 2. The van der Waals surface area contributed by atoms with E-state index in [1.807, 2.05) is 51.4 Å². The molecule has 5 aromatic rings. The Labute approximate surface area is 197 Å². The number of hydrogen-bond donors (Lipinski definition) is 2. The van der Waals surface area contributed by atoms with Crippen molar-refractivity contribution in [3.8, 4) is 11.5 Å². The number of ether oxygens (including phenoxy) is 1. The molecule has 3 aromatic carbocycles. The summed E-state index contributed by atoms with van der Waals surface area (Å²) in [5, 5.41) is 5.71. The van der Waals surface area contributed by atoms with Crippen molar-refractivity contribution in [3.63, 3.8) is 0 Å². The third-order valence-corrected chi connectivity index (χ3v) is 5.66. The number of nitrogens with one attached hydrogen (secondary N) is 2. The molecule has 0 unspecified atom stereocenters. The minimum atomic E-state index is -0.0173. The van der Waals surface area contributed by atoms with Crippen molar-refractivity contribution in [2.24, 2.45) is 0 Å². The van der Waals surface area contributed by atoms with Crippen molar-refractivity contribution in [3.05, 3.63) is 78.6 Å². The molecule has 2 heterocycles. The first-order valence-corrected chi connectivity index (χ1v) is 11.1. The van der Waals surface area contributed by atoms with E-state index in [-0.39, 0.29) is 5.78 Å². The number of pyridine rings is 1. The van der Waals surface area contributed by atoms with Gasteiger partial charge in [0.15, 0.2) is 5.78 Å². The number of imidazole rings is 1. The van der Waals surface area contributed by atoms with Crippen LogP contribution in [0.5, 0.6) is 11.5 Å². The highest BCUT2D eigenvalue weighted by molar-refractivity contribution is 6.03. The molecule has 0 fully saturated rings. The first-order valence-electron chi connectivity index (χ1n) is 11.1. The van der Waals surface area contributed by atoms with Crippen LogP contribution in [-0.2, 0) is 0 Å². The van der Waals surface area contributed by atoms with Gasteiger partial charge in [-0.3, -0.25) is 9.78 Å². The Kier molecular flexibility index (Phi) is 5.59. The van der Waals surface area contributed by atoms with Crippen molar-refractivity contribution >= 4 is 44.9 Å². The normalized spacial score (nSPS) is 11.0. The molecule has 0 amide bonds. The zero-order chi connectivity index (χ0) is 23.7. The zero-order valence-corrected chi connectivity index (χ0v) is 19.3. The van der Waals surface area contributed by atoms with Crippen molar-refractivity contribution in [2.45, 2.75) is 13.3 Å². The van der Waals surface area contributed by atoms with Crippen LogP contribution in [0.4, 0.5) is 17.3 Å². The molecule has 0 radical (unpaired) electrons. The fraction of sp³-hybridized carbons (Fsp3) is 0.148. The van der Waals surface area contributed by atoms with E-state index in [1.54, 1.807) is 18.3 Å². The molecular formula is C27H25N5O2. The van der Waals surface area contributed by atoms with E-state index >= 15 is 0 Å². The van der Waals surface area contributed by atoms with Gasteiger partial charge >= 0.3 is 0 Å². The second-order valence-electron chi connectivity index (χ2n) is 8.22. The number of ketones is 1. The average Bonchev–Trinajstić information content (AvgIpc) is 3.25. The summed E-state index contributed by atoms with van der Waals surface area (Å²) in [4.78, 5) is 26.2. The monoisotopic (exact) mass is 451 g/mol. The SMILES string of the molecule is CCC(=O)c1cc(Oc2ccc3nc(Nc4ccc(N(C)C)c5ccccc45)[nH]c3c2)ccn1. The second kappa shape index (κ2) is 8.86. The Morgan fingerprint density at radius 2 is 1.79 bits per heavy atom. The number of carbonyl (C=O) groups is 1. The average molecular weight is 452 g/mol. The smallest absolute Gasteiger partial charge is 0.205 e. The second-order valence-corrected chi connectivity index (χ2v) is 8.22. The number of aromatic amines is 1. The minimum absolute atomic E-state index is 0.0173. The van der Waals surface area contributed by atoms with Gasteiger partial charge in [0.05, 0.1) is 11.0 Å². The molecule has 0 spiro atoms. The number of H-pyrrole nitrogens is 1. The van der Waals surface area contributed by atoms with E-state index in [9.17, 15) is 4.79 Å². The summed E-state index contributed by atoms with van der Waals surface area (Å²) in [6.07, 6.45) is 1.99. The summed E-state index contributed by atoms with van der Waals surface area (Å²) < 4.78 is 5.98. The van der Waals surface area contributed by atoms with E-state index < -0.39 is 0 Å². The summed E-state index contributed by atoms with van der Waals surface area (Å²) in [5.74, 6) is 1.84. The highest BCUT2D eigenvalue weighted by Crippen LogP contribution is 2.33. The number of benzene rings is 3. The van der Waals surface area contributed by atoms with Gasteiger partial charge in [0, 0.05) is 61.0 Å². The van der Waals surface area contributed by atoms with Gasteiger partial charge in [0.1, 0.15) is 17.2 Å². The summed E-state index contributed by atoms with van der Waals surface area (Å²) in [7, 11) is 4.09. The van der Waals surface area contributed by atoms with Crippen LogP contribution >= 0.6 is 0 Å². The predicted molar refractivity (Wildman–Crippen MR) is 137 cm³/mol. The Morgan fingerprint density at radius 1 is 1.00 bits per heavy atom. The molecule has 5 rings (SSSR count). The highest BCUT2D eigenvalue weighted by atomic mass is 16.5. The molecule has 7 nitrogen and oxygen atoms in total. The molecule has 0 aliphatic rings. The molecule has 0 bridgehead atoms. The molecule has 0 aliphatic heterocycles. The maximum absolute atomic E-state index is 11.9. The van der Waals surface area contributed by atoms with Crippen molar-refractivity contribution < 1.29 is 9.53 Å². The van der Waals surface area contributed by atoms with Gasteiger partial charge < -0.3 is 19.9 Å². The van der Waals surface area contributed by atoms with Crippen LogP contribution in [0.2, 0.25) is 0 Å². The molecule has 7 heteroatoms. The van der Waals surface area contributed by atoms with Crippen LogP contribution in [0.1, 0.15) is 23.8 Å². The number of rotatable bonds is 7. The van der Waals surface area contributed by atoms with Crippen LogP contribution in [0.25, 0.3) is 21.8 Å². The van der Waals surface area contributed by atoms with Crippen LogP contribution in [0.3, 0.4) is 0 Å². The number of Topliss-reactive ketones (excluding diaryl/α,β-unsaturated/α-hetero) is 1. The van der Waals surface area contributed by atoms with E-state index in [4.69, 9.17) is 4.74 Å². The number of hydrogen-bond acceptors (Lipinski definition) is 6. The fourth-order valence-electron chi connectivity index (χ4n) is 3.97. The summed E-state index contributed by atoms with van der Waals surface area (Å²) in [5.41, 5.74) is 4.20. The molecule has 2 N–H and O–H groups in total. The van der Waals surface area contributed by atoms with Crippen molar-refractivity contribution in [1.82, 2.24) is 15.0 Å². The van der Waals surface area contributed by atoms with Gasteiger partial charge in [-0.1, -0.05) is 31.2 Å². The number of carbonyl (C=O) groups excluding carboxylic acids is 1. The van der Waals surface area contributed by atoms with Gasteiger partial charge in [0.2, 0.25) is 5.95 Å². The minimum Gasteiger partial charge on any atom is -0.457 e. The first-order chi connectivity index (χ1) is 16.5. The molecule has 170 valence electrons. The lowest BCUT2D eigenvalue weighted by Gasteiger charge is -2.17. The molecule has 0 aliphatic carbocycles. The molecule has 0 saturated carbocycles. The molecule has 0 saturated heterocycles. The van der Waals surface area contributed by atoms with Gasteiger partial charge in [-0.15, -0.1) is 0 Å². The van der Waals surface area contributed by atoms with Crippen LogP contribution < -0.4 is 15.0 Å². The van der Waals surface area contributed by atoms with Gasteiger partial charge in [-0.2, -0.15) is 0 Å². The van der Waals surface area contributed by atoms with Gasteiger partial charge in [-0.25, -0.2) is 4.98 Å². The molecule has 2 aromatic heterocycles. The third kappa shape index (κ3) is 4.15. The first kappa shape index (κ1) is 21.5. The van der Waals surface area contributed by atoms with E-state index in [1.165, 1.54) is 5.39 Å². The van der Waals surface area contributed by atoms with Crippen LogP contribution in [0.15, 0.2) is 72.9 Å². The fourth-order valence-corrected chi connectivity index (χ4v) is 3.97. The Bertz CT molecular complexity index is 1510. The maximum atomic E-state index is 11.9. The lowest BCUT2D eigenvalue weighted by Crippen LogP contribution is -2.09. The quantitative estimate of drug-likeness (QED) is 0.282. The molecule has 34 heavy (non-hydrogen) atoms. The number of aromatic nitrogens is 3. The lowest BCUT2D eigenvalue weighted by atomic mass is 10.1. The largest absolute Gasteiger partial charge is 0.457 e. The van der Waals surface area contributed by atoms with Crippen LogP contribution in [-0.4, -0.2) is 34.8 Å². The van der Waals surface area contributed by atoms with E-state index in [0.717, 1.165) is 27.8 Å². The highest BCUT2D eigenvalue weighted by Gasteiger charge is 2.11. The summed E-state index contributed by atoms with van der Waals surface area (Å²) in [6.45, 7) is 1.81. The summed E-state index contributed by atoms with van der Waals surface area (Å²) in [6, 6.07) is 21.5. The van der Waals surface area contributed by atoms with E-state index in [0.29, 0.717) is 29.6 Å². The van der Waals surface area contributed by atoms with Crippen molar-refractivity contribution in [1.29, 1.82) is 0 Å². The van der Waals surface area contributed by atoms with E-state index in [2.05, 4.69) is 49.4 Å². The van der Waals surface area contributed by atoms with Gasteiger partial charge in [0.25, 0.3) is 0 Å². The maximum Gasteiger partial charge on any atom is 0.205 e. The summed E-state index contributed by atoms with van der Waals surface area (Å²) >= 11 is 0. The third-order valence-electron chi connectivity index (χ3n) is 5.66. The standard InChI is InChI=1S/C27H25N5O2/c1-4-26(33)24-16-18(13-14-28-24)34-17-9-10-22-23(15-17)31-27(30-22)29-21-11-12-25(32(2)3)20-8-6-5-7-19(20)21/h5-16H,4H2,1-3H3,(H2,29,30,31). The zero-order valence-electron chi connectivity index (χ0n) is 19.3. The molecular weight excluding hydrogens is 426 g/mol. The number of anilines is 3. The predicted octanol–water partition coefficient (Wildman–Crippen LogP) is 6.31. The lowest BCUT2D eigenvalue weighted by molar-refractivity contribution is 0.0983. The van der Waals surface area contributed by atoms with Crippen molar-refractivity contribution in [2.75, 3.05) is 24.3 Å². The Hall–Kier alpha value is -4.39.